The van der Waals surface area contributed by atoms with E-state index < -0.39 is 5.76 Å². The first kappa shape index (κ1) is 20.8. The maximum Gasteiger partial charge on any atom is 0.420 e. The standard InChI is InChI=1S/C21H23ClN2O5/c1-3-27-17-8-5-14(11-19(17)28-4-2)9-10-23-20(25)13-24-16-7-6-15(22)12-18(16)29-21(24)26/h5-8,11-12H,3-4,9-10,13H2,1-2H3,(H,23,25). The van der Waals surface area contributed by atoms with Gasteiger partial charge in [-0.3, -0.25) is 9.36 Å². The van der Waals surface area contributed by atoms with Gasteiger partial charge in [0, 0.05) is 17.6 Å². The number of hydrogen-bond donors (Lipinski definition) is 1. The van der Waals surface area contributed by atoms with E-state index in [-0.39, 0.29) is 12.5 Å². The van der Waals surface area contributed by atoms with E-state index in [9.17, 15) is 9.59 Å². The molecule has 0 saturated heterocycles. The topological polar surface area (TPSA) is 82.7 Å². The van der Waals surface area contributed by atoms with Crippen LogP contribution in [0.3, 0.4) is 0 Å². The van der Waals surface area contributed by atoms with Crippen molar-refractivity contribution in [3.8, 4) is 11.5 Å². The second kappa shape index (κ2) is 9.52. The number of carbonyl (C=O) groups excluding carboxylic acids is 1. The molecular formula is C21H23ClN2O5. The molecule has 29 heavy (non-hydrogen) atoms. The van der Waals surface area contributed by atoms with E-state index in [1.165, 1.54) is 4.57 Å². The number of ether oxygens (including phenoxy) is 2. The van der Waals surface area contributed by atoms with Crippen molar-refractivity contribution in [2.24, 2.45) is 0 Å². The summed E-state index contributed by atoms with van der Waals surface area (Å²) in [5.74, 6) is 0.521. The Morgan fingerprint density at radius 3 is 2.62 bits per heavy atom. The first-order valence-electron chi connectivity index (χ1n) is 9.46. The van der Waals surface area contributed by atoms with E-state index in [1.54, 1.807) is 18.2 Å². The summed E-state index contributed by atoms with van der Waals surface area (Å²) in [6, 6.07) is 10.6. The Morgan fingerprint density at radius 1 is 1.10 bits per heavy atom. The van der Waals surface area contributed by atoms with E-state index in [1.807, 2.05) is 32.0 Å². The van der Waals surface area contributed by atoms with Crippen molar-refractivity contribution in [1.82, 2.24) is 9.88 Å². The molecule has 154 valence electrons. The van der Waals surface area contributed by atoms with Crippen LogP contribution in [0.5, 0.6) is 11.5 Å². The van der Waals surface area contributed by atoms with E-state index in [4.69, 9.17) is 25.5 Å². The molecule has 0 fully saturated rings. The molecule has 3 aromatic rings. The summed E-state index contributed by atoms with van der Waals surface area (Å²) < 4.78 is 17.6. The summed E-state index contributed by atoms with van der Waals surface area (Å²) in [5, 5.41) is 3.29. The number of hydrogen-bond acceptors (Lipinski definition) is 5. The summed E-state index contributed by atoms with van der Waals surface area (Å²) >= 11 is 5.90. The van der Waals surface area contributed by atoms with Gasteiger partial charge in [0.2, 0.25) is 5.91 Å². The van der Waals surface area contributed by atoms with Gasteiger partial charge in [-0.2, -0.15) is 0 Å². The first-order valence-corrected chi connectivity index (χ1v) is 9.83. The fraction of sp³-hybridized carbons (Fsp3) is 0.333. The molecule has 1 amide bonds. The van der Waals surface area contributed by atoms with Crippen molar-refractivity contribution < 1.29 is 18.7 Å². The normalized spacial score (nSPS) is 10.9. The molecule has 2 aromatic carbocycles. The van der Waals surface area contributed by atoms with Gasteiger partial charge < -0.3 is 19.2 Å². The van der Waals surface area contributed by atoms with Crippen molar-refractivity contribution in [1.29, 1.82) is 0 Å². The zero-order chi connectivity index (χ0) is 20.8. The molecule has 0 saturated carbocycles. The Labute approximate surface area is 173 Å². The highest BCUT2D eigenvalue weighted by Gasteiger charge is 2.13. The lowest BCUT2D eigenvalue weighted by atomic mass is 10.1. The molecule has 3 rings (SSSR count). The minimum atomic E-state index is -0.592. The monoisotopic (exact) mass is 418 g/mol. The SMILES string of the molecule is CCOc1ccc(CCNC(=O)Cn2c(=O)oc3cc(Cl)ccc32)cc1OCC. The number of nitrogens with one attached hydrogen (secondary N) is 1. The van der Waals surface area contributed by atoms with Crippen LogP contribution in [0.4, 0.5) is 0 Å². The lowest BCUT2D eigenvalue weighted by molar-refractivity contribution is -0.121. The number of benzene rings is 2. The second-order valence-corrected chi connectivity index (χ2v) is 6.75. The number of oxazole rings is 1. The van der Waals surface area contributed by atoms with Gasteiger partial charge in [-0.1, -0.05) is 17.7 Å². The number of aromatic nitrogens is 1. The predicted molar refractivity (Wildman–Crippen MR) is 111 cm³/mol. The van der Waals surface area contributed by atoms with Gasteiger partial charge in [-0.25, -0.2) is 4.79 Å². The molecule has 7 nitrogen and oxygen atoms in total. The van der Waals surface area contributed by atoms with Crippen LogP contribution in [-0.4, -0.2) is 30.2 Å². The molecule has 1 N–H and O–H groups in total. The van der Waals surface area contributed by atoms with Crippen molar-refractivity contribution >= 4 is 28.6 Å². The van der Waals surface area contributed by atoms with Gasteiger partial charge in [0.1, 0.15) is 6.54 Å². The highest BCUT2D eigenvalue weighted by Crippen LogP contribution is 2.28. The van der Waals surface area contributed by atoms with E-state index >= 15 is 0 Å². The lowest BCUT2D eigenvalue weighted by Gasteiger charge is -2.12. The number of halogens is 1. The Morgan fingerprint density at radius 2 is 1.86 bits per heavy atom. The maximum absolute atomic E-state index is 12.3. The molecule has 1 aromatic heterocycles. The third kappa shape index (κ3) is 5.12. The fourth-order valence-electron chi connectivity index (χ4n) is 2.99. The van der Waals surface area contributed by atoms with Crippen LogP contribution in [-0.2, 0) is 17.8 Å². The quantitative estimate of drug-likeness (QED) is 0.575. The number of nitrogens with zero attached hydrogens (tertiary/aromatic N) is 1. The number of carbonyl (C=O) groups is 1. The van der Waals surface area contributed by atoms with Crippen molar-refractivity contribution in [3.63, 3.8) is 0 Å². The zero-order valence-corrected chi connectivity index (χ0v) is 17.1. The Balaban J connectivity index is 1.60. The smallest absolute Gasteiger partial charge is 0.420 e. The van der Waals surface area contributed by atoms with Gasteiger partial charge in [-0.15, -0.1) is 0 Å². The van der Waals surface area contributed by atoms with Gasteiger partial charge >= 0.3 is 5.76 Å². The summed E-state index contributed by atoms with van der Waals surface area (Å²) in [6.45, 7) is 5.23. The van der Waals surface area contributed by atoms with Crippen LogP contribution in [0.1, 0.15) is 19.4 Å². The Hall–Kier alpha value is -2.93. The molecule has 0 atom stereocenters. The molecule has 0 bridgehead atoms. The third-order valence-electron chi connectivity index (χ3n) is 4.28. The Kier molecular flexibility index (Phi) is 6.82. The minimum Gasteiger partial charge on any atom is -0.490 e. The molecule has 0 aliphatic heterocycles. The highest BCUT2D eigenvalue weighted by atomic mass is 35.5. The van der Waals surface area contributed by atoms with Gasteiger partial charge in [-0.05, 0) is 50.1 Å². The van der Waals surface area contributed by atoms with Crippen LogP contribution >= 0.6 is 11.6 Å². The van der Waals surface area contributed by atoms with Gasteiger partial charge in [0.15, 0.2) is 17.1 Å². The summed E-state index contributed by atoms with van der Waals surface area (Å²) in [5.41, 5.74) is 1.90. The predicted octanol–water partition coefficient (Wildman–Crippen LogP) is 3.40. The molecule has 1 heterocycles. The number of fused-ring (bicyclic) bond motifs is 1. The first-order chi connectivity index (χ1) is 14.0. The van der Waals surface area contributed by atoms with Gasteiger partial charge in [0.05, 0.1) is 18.7 Å². The molecule has 8 heteroatoms. The molecular weight excluding hydrogens is 396 g/mol. The summed E-state index contributed by atoms with van der Waals surface area (Å²) in [4.78, 5) is 24.3. The third-order valence-corrected chi connectivity index (χ3v) is 4.51. The van der Waals surface area contributed by atoms with Gasteiger partial charge in [0.25, 0.3) is 0 Å². The van der Waals surface area contributed by atoms with Crippen LogP contribution in [0.2, 0.25) is 5.02 Å². The van der Waals surface area contributed by atoms with Crippen molar-refractivity contribution in [2.45, 2.75) is 26.8 Å². The fourth-order valence-corrected chi connectivity index (χ4v) is 3.15. The molecule has 0 aliphatic carbocycles. The van der Waals surface area contributed by atoms with E-state index in [2.05, 4.69) is 5.32 Å². The number of rotatable bonds is 9. The highest BCUT2D eigenvalue weighted by molar-refractivity contribution is 6.31. The maximum atomic E-state index is 12.3. The average Bonchev–Trinajstić information content (AvgIpc) is 2.98. The lowest BCUT2D eigenvalue weighted by Crippen LogP contribution is -2.32. The van der Waals surface area contributed by atoms with Crippen LogP contribution in [0.15, 0.2) is 45.6 Å². The van der Waals surface area contributed by atoms with Crippen LogP contribution in [0.25, 0.3) is 11.1 Å². The molecule has 0 radical (unpaired) electrons. The van der Waals surface area contributed by atoms with E-state index in [0.29, 0.717) is 53.8 Å². The van der Waals surface area contributed by atoms with Crippen molar-refractivity contribution in [3.05, 3.63) is 57.5 Å². The summed E-state index contributed by atoms with van der Waals surface area (Å²) in [6.07, 6.45) is 0.620. The second-order valence-electron chi connectivity index (χ2n) is 6.31. The Bertz CT molecular complexity index is 1060. The number of amides is 1. The van der Waals surface area contributed by atoms with Crippen LogP contribution < -0.4 is 20.5 Å². The largest absolute Gasteiger partial charge is 0.490 e. The van der Waals surface area contributed by atoms with E-state index in [0.717, 1.165) is 5.56 Å². The minimum absolute atomic E-state index is 0.124. The zero-order valence-electron chi connectivity index (χ0n) is 16.4. The summed E-state index contributed by atoms with van der Waals surface area (Å²) in [7, 11) is 0. The molecule has 0 unspecified atom stereocenters. The average molecular weight is 419 g/mol. The molecule has 0 spiro atoms. The molecule has 0 aliphatic rings. The van der Waals surface area contributed by atoms with Crippen LogP contribution in [0, 0.1) is 0 Å². The van der Waals surface area contributed by atoms with Crippen molar-refractivity contribution in [2.75, 3.05) is 19.8 Å².